The summed E-state index contributed by atoms with van der Waals surface area (Å²) in [7, 11) is 2.15. The fourth-order valence-electron chi connectivity index (χ4n) is 3.78. The maximum Gasteiger partial charge on any atom is 0.317 e. The molecule has 0 saturated carbocycles. The number of urea groups is 1. The van der Waals surface area contributed by atoms with Crippen LogP contribution in [0.3, 0.4) is 0 Å². The van der Waals surface area contributed by atoms with Gasteiger partial charge in [0.25, 0.3) is 0 Å². The second-order valence-electron chi connectivity index (χ2n) is 7.05. The lowest BCUT2D eigenvalue weighted by Crippen LogP contribution is -2.45. The van der Waals surface area contributed by atoms with Gasteiger partial charge < -0.3 is 10.2 Å². The van der Waals surface area contributed by atoms with Crippen molar-refractivity contribution in [2.75, 3.05) is 26.7 Å². The first-order valence-corrected chi connectivity index (χ1v) is 8.65. The predicted molar refractivity (Wildman–Crippen MR) is 88.9 cm³/mol. The normalized spacial score (nSPS) is 25.4. The number of benzene rings is 1. The number of likely N-dealkylation sites (N-methyl/N-ethyl adjacent to an activating group) is 1. The monoisotopic (exact) mass is 337 g/mol. The summed E-state index contributed by atoms with van der Waals surface area (Å²) in [6.45, 7) is 3.84. The molecular weight excluding hydrogens is 312 g/mol. The van der Waals surface area contributed by atoms with Crippen LogP contribution in [0.15, 0.2) is 18.2 Å². The van der Waals surface area contributed by atoms with E-state index in [1.807, 2.05) is 11.8 Å². The topological polar surface area (TPSA) is 35.6 Å². The molecule has 0 aliphatic carbocycles. The second-order valence-corrected chi connectivity index (χ2v) is 7.05. The number of nitrogens with one attached hydrogen (secondary N) is 1. The minimum atomic E-state index is -0.850. The van der Waals surface area contributed by atoms with Crippen LogP contribution in [0.5, 0.6) is 0 Å². The van der Waals surface area contributed by atoms with E-state index >= 15 is 0 Å². The Balaban J connectivity index is 1.54. The van der Waals surface area contributed by atoms with E-state index in [0.29, 0.717) is 24.2 Å². The van der Waals surface area contributed by atoms with Crippen LogP contribution in [-0.4, -0.2) is 54.6 Å². The number of rotatable bonds is 3. The molecule has 0 aromatic heterocycles. The van der Waals surface area contributed by atoms with Crippen LogP contribution >= 0.6 is 0 Å². The number of halogens is 2. The highest BCUT2D eigenvalue weighted by molar-refractivity contribution is 5.74. The van der Waals surface area contributed by atoms with Crippen LogP contribution in [0.2, 0.25) is 0 Å². The Morgan fingerprint density at radius 2 is 2.00 bits per heavy atom. The Morgan fingerprint density at radius 3 is 2.75 bits per heavy atom. The minimum Gasteiger partial charge on any atom is -0.337 e. The number of fused-ring (bicyclic) bond motifs is 2. The van der Waals surface area contributed by atoms with E-state index in [0.717, 1.165) is 32.0 Å². The molecule has 3 atom stereocenters. The van der Waals surface area contributed by atoms with Gasteiger partial charge in [0.15, 0.2) is 11.6 Å². The largest absolute Gasteiger partial charge is 0.337 e. The van der Waals surface area contributed by atoms with Gasteiger partial charge in [-0.3, -0.25) is 4.90 Å². The van der Waals surface area contributed by atoms with Gasteiger partial charge in [-0.25, -0.2) is 13.6 Å². The van der Waals surface area contributed by atoms with E-state index in [1.54, 1.807) is 6.07 Å². The van der Waals surface area contributed by atoms with Crippen molar-refractivity contribution in [1.82, 2.24) is 15.1 Å². The Hall–Kier alpha value is -1.69. The van der Waals surface area contributed by atoms with E-state index in [1.165, 1.54) is 12.5 Å². The summed E-state index contributed by atoms with van der Waals surface area (Å²) >= 11 is 0. The first-order valence-electron chi connectivity index (χ1n) is 8.65. The fraction of sp³-hybridized carbons (Fsp3) is 0.611. The molecule has 4 nitrogen and oxygen atoms in total. The summed E-state index contributed by atoms with van der Waals surface area (Å²) in [5, 5.41) is 2.94. The Morgan fingerprint density at radius 1 is 1.25 bits per heavy atom. The first-order chi connectivity index (χ1) is 11.5. The SMILES string of the molecule is CC(CNC(=O)N1CCC2CCC(C1)N2C)c1ccc(F)c(F)c1. The standard InChI is InChI=1S/C18H25F2N3O/c1-12(13-3-6-16(19)17(20)9-13)10-21-18(24)23-8-7-14-4-5-15(11-23)22(14)2/h3,6,9,12,14-15H,4-5,7-8,10-11H2,1-2H3,(H,21,24). The highest BCUT2D eigenvalue weighted by atomic mass is 19.2. The first kappa shape index (κ1) is 17.1. The van der Waals surface area contributed by atoms with Crippen molar-refractivity contribution in [3.05, 3.63) is 35.4 Å². The molecule has 1 N–H and O–H groups in total. The summed E-state index contributed by atoms with van der Waals surface area (Å²) in [5.41, 5.74) is 0.684. The summed E-state index contributed by atoms with van der Waals surface area (Å²) in [4.78, 5) is 16.7. The zero-order valence-electron chi connectivity index (χ0n) is 14.3. The van der Waals surface area contributed by atoms with Crippen LogP contribution in [0.1, 0.15) is 37.7 Å². The van der Waals surface area contributed by atoms with Gasteiger partial charge in [-0.05, 0) is 49.9 Å². The van der Waals surface area contributed by atoms with Gasteiger partial charge in [-0.15, -0.1) is 0 Å². The Labute approximate surface area is 141 Å². The molecule has 1 aromatic rings. The number of nitrogens with zero attached hydrogens (tertiary/aromatic N) is 2. The summed E-state index contributed by atoms with van der Waals surface area (Å²) in [5.74, 6) is -1.77. The smallest absolute Gasteiger partial charge is 0.317 e. The van der Waals surface area contributed by atoms with E-state index in [2.05, 4.69) is 17.3 Å². The Kier molecular flexibility index (Phi) is 5.04. The van der Waals surface area contributed by atoms with Crippen LogP contribution < -0.4 is 5.32 Å². The average molecular weight is 337 g/mol. The zero-order valence-corrected chi connectivity index (χ0v) is 14.3. The molecule has 2 heterocycles. The van der Waals surface area contributed by atoms with Gasteiger partial charge in [0, 0.05) is 31.7 Å². The molecule has 2 aliphatic heterocycles. The number of hydrogen-bond donors (Lipinski definition) is 1. The van der Waals surface area contributed by atoms with Crippen LogP contribution in [0, 0.1) is 11.6 Å². The molecule has 2 bridgehead atoms. The molecule has 3 rings (SSSR count). The zero-order chi connectivity index (χ0) is 17.3. The molecule has 2 aliphatic rings. The molecule has 1 aromatic carbocycles. The van der Waals surface area contributed by atoms with Crippen LogP contribution in [-0.2, 0) is 0 Å². The molecular formula is C18H25F2N3O. The summed E-state index contributed by atoms with van der Waals surface area (Å²) in [6.07, 6.45) is 3.39. The van der Waals surface area contributed by atoms with Gasteiger partial charge >= 0.3 is 6.03 Å². The molecule has 2 fully saturated rings. The quantitative estimate of drug-likeness (QED) is 0.920. The predicted octanol–water partition coefficient (Wildman–Crippen LogP) is 2.95. The average Bonchev–Trinajstić information content (AvgIpc) is 2.80. The van der Waals surface area contributed by atoms with Crippen molar-refractivity contribution in [3.63, 3.8) is 0 Å². The molecule has 6 heteroatoms. The number of hydrogen-bond acceptors (Lipinski definition) is 2. The lowest BCUT2D eigenvalue weighted by Gasteiger charge is -2.26. The Bertz CT molecular complexity index is 610. The molecule has 2 saturated heterocycles. The van der Waals surface area contributed by atoms with Crippen LogP contribution in [0.25, 0.3) is 0 Å². The maximum absolute atomic E-state index is 13.3. The van der Waals surface area contributed by atoms with E-state index in [4.69, 9.17) is 0 Å². The summed E-state index contributed by atoms with van der Waals surface area (Å²) < 4.78 is 26.3. The number of likely N-dealkylation sites (tertiary alicyclic amines) is 1. The maximum atomic E-state index is 13.3. The molecule has 24 heavy (non-hydrogen) atoms. The van der Waals surface area contributed by atoms with Crippen LogP contribution in [0.4, 0.5) is 13.6 Å². The summed E-state index contributed by atoms with van der Waals surface area (Å²) in [6, 6.07) is 4.87. The van der Waals surface area contributed by atoms with Gasteiger partial charge in [-0.1, -0.05) is 13.0 Å². The van der Waals surface area contributed by atoms with E-state index in [-0.39, 0.29) is 11.9 Å². The van der Waals surface area contributed by atoms with E-state index in [9.17, 15) is 13.6 Å². The third-order valence-corrected chi connectivity index (χ3v) is 5.51. The lowest BCUT2D eigenvalue weighted by atomic mass is 10.0. The number of carbonyl (C=O) groups excluding carboxylic acids is 1. The van der Waals surface area contributed by atoms with Gasteiger partial charge in [0.05, 0.1) is 0 Å². The number of carbonyl (C=O) groups is 1. The van der Waals surface area contributed by atoms with E-state index < -0.39 is 11.6 Å². The van der Waals surface area contributed by atoms with Gasteiger partial charge in [0.2, 0.25) is 0 Å². The van der Waals surface area contributed by atoms with Crippen molar-refractivity contribution < 1.29 is 13.6 Å². The lowest BCUT2D eigenvalue weighted by molar-refractivity contribution is 0.188. The van der Waals surface area contributed by atoms with Crippen molar-refractivity contribution in [3.8, 4) is 0 Å². The minimum absolute atomic E-state index is 0.0645. The third kappa shape index (κ3) is 3.53. The molecule has 2 amide bonds. The molecule has 0 radical (unpaired) electrons. The van der Waals surface area contributed by atoms with Crippen molar-refractivity contribution in [1.29, 1.82) is 0 Å². The fourth-order valence-corrected chi connectivity index (χ4v) is 3.78. The van der Waals surface area contributed by atoms with Crippen molar-refractivity contribution in [2.45, 2.75) is 44.2 Å². The van der Waals surface area contributed by atoms with Gasteiger partial charge in [-0.2, -0.15) is 0 Å². The highest BCUT2D eigenvalue weighted by Crippen LogP contribution is 2.28. The van der Waals surface area contributed by atoms with Gasteiger partial charge in [0.1, 0.15) is 0 Å². The van der Waals surface area contributed by atoms with Crippen molar-refractivity contribution >= 4 is 6.03 Å². The van der Waals surface area contributed by atoms with Crippen molar-refractivity contribution in [2.24, 2.45) is 0 Å². The highest BCUT2D eigenvalue weighted by Gasteiger charge is 2.35. The number of amides is 2. The molecule has 0 spiro atoms. The molecule has 132 valence electrons. The second kappa shape index (κ2) is 7.05. The third-order valence-electron chi connectivity index (χ3n) is 5.51. The molecule has 3 unspecified atom stereocenters.